The Balaban J connectivity index is 1.61. The monoisotopic (exact) mass is 276 g/mol. The zero-order valence-electron chi connectivity index (χ0n) is 12.2. The van der Waals surface area contributed by atoms with Crippen LogP contribution in [-0.2, 0) is 0 Å². The molecule has 1 unspecified atom stereocenters. The summed E-state index contributed by atoms with van der Waals surface area (Å²) in [5.74, 6) is 0.781. The molecule has 0 radical (unpaired) electrons. The fourth-order valence-electron chi connectivity index (χ4n) is 3.72. The second kappa shape index (κ2) is 5.60. The van der Waals surface area contributed by atoms with Crippen molar-refractivity contribution in [2.45, 2.75) is 63.5 Å². The lowest BCUT2D eigenvalue weighted by atomic mass is 9.75. The first-order chi connectivity index (χ1) is 9.67. The fourth-order valence-corrected chi connectivity index (χ4v) is 3.72. The van der Waals surface area contributed by atoms with Crippen LogP contribution in [0.4, 0.5) is 0 Å². The quantitative estimate of drug-likeness (QED) is 0.873. The Morgan fingerprint density at radius 3 is 2.90 bits per heavy atom. The highest BCUT2D eigenvalue weighted by Gasteiger charge is 2.37. The van der Waals surface area contributed by atoms with Crippen molar-refractivity contribution in [1.29, 1.82) is 0 Å². The van der Waals surface area contributed by atoms with E-state index in [9.17, 15) is 4.79 Å². The Morgan fingerprint density at radius 1 is 1.40 bits per heavy atom. The van der Waals surface area contributed by atoms with E-state index in [-0.39, 0.29) is 17.5 Å². The average Bonchev–Trinajstić information content (AvgIpc) is 2.86. The average molecular weight is 276 g/mol. The molecule has 4 nitrogen and oxygen atoms in total. The van der Waals surface area contributed by atoms with Crippen molar-refractivity contribution in [3.8, 4) is 0 Å². The molecule has 1 atom stereocenters. The van der Waals surface area contributed by atoms with Gasteiger partial charge in [-0.1, -0.05) is 19.3 Å². The minimum Gasteiger partial charge on any atom is -0.469 e. The van der Waals surface area contributed by atoms with Gasteiger partial charge in [0.25, 0.3) is 5.91 Å². The number of hydrogen-bond donors (Lipinski definition) is 2. The molecule has 2 fully saturated rings. The Labute approximate surface area is 120 Å². The number of nitrogens with one attached hydrogen (secondary N) is 2. The highest BCUT2D eigenvalue weighted by atomic mass is 16.3. The van der Waals surface area contributed by atoms with Crippen molar-refractivity contribution in [3.05, 3.63) is 23.7 Å². The molecule has 2 N–H and O–H groups in total. The van der Waals surface area contributed by atoms with Gasteiger partial charge in [-0.3, -0.25) is 4.79 Å². The lowest BCUT2D eigenvalue weighted by molar-refractivity contribution is 0.0892. The van der Waals surface area contributed by atoms with Gasteiger partial charge in [0.15, 0.2) is 0 Å². The predicted molar refractivity (Wildman–Crippen MR) is 77.8 cm³/mol. The SMILES string of the molecule is Cc1cc(C(=O)NC2CCNC3(CCCCC3)C2)co1. The highest BCUT2D eigenvalue weighted by molar-refractivity contribution is 5.94. The predicted octanol–water partition coefficient (Wildman–Crippen LogP) is 2.77. The van der Waals surface area contributed by atoms with Gasteiger partial charge in [-0.15, -0.1) is 0 Å². The van der Waals surface area contributed by atoms with Crippen LogP contribution in [0.1, 0.15) is 61.1 Å². The molecule has 3 rings (SSSR count). The Bertz CT molecular complexity index is 469. The third-order valence-electron chi connectivity index (χ3n) is 4.77. The van der Waals surface area contributed by atoms with Crippen molar-refractivity contribution >= 4 is 5.91 Å². The number of carbonyl (C=O) groups excluding carboxylic acids is 1. The van der Waals surface area contributed by atoms with Gasteiger partial charge in [-0.2, -0.15) is 0 Å². The van der Waals surface area contributed by atoms with Gasteiger partial charge in [0, 0.05) is 11.6 Å². The highest BCUT2D eigenvalue weighted by Crippen LogP contribution is 2.34. The molecule has 1 saturated heterocycles. The van der Waals surface area contributed by atoms with E-state index >= 15 is 0 Å². The molecule has 2 aliphatic rings. The second-order valence-corrected chi connectivity index (χ2v) is 6.38. The topological polar surface area (TPSA) is 54.3 Å². The van der Waals surface area contributed by atoms with Crippen LogP contribution in [-0.4, -0.2) is 24.0 Å². The summed E-state index contributed by atoms with van der Waals surface area (Å²) in [6.07, 6.45) is 10.1. The summed E-state index contributed by atoms with van der Waals surface area (Å²) in [7, 11) is 0. The van der Waals surface area contributed by atoms with Gasteiger partial charge in [-0.05, 0) is 45.2 Å². The van der Waals surface area contributed by atoms with Crippen LogP contribution in [0.25, 0.3) is 0 Å². The molecular weight excluding hydrogens is 252 g/mol. The number of amides is 1. The van der Waals surface area contributed by atoms with E-state index in [4.69, 9.17) is 4.42 Å². The van der Waals surface area contributed by atoms with Gasteiger partial charge in [0.1, 0.15) is 12.0 Å². The van der Waals surface area contributed by atoms with Crippen molar-refractivity contribution in [1.82, 2.24) is 10.6 Å². The number of carbonyl (C=O) groups is 1. The summed E-state index contributed by atoms with van der Waals surface area (Å²) < 4.78 is 5.21. The van der Waals surface area contributed by atoms with Crippen LogP contribution in [0.2, 0.25) is 0 Å². The zero-order chi connectivity index (χ0) is 14.0. The van der Waals surface area contributed by atoms with Crippen LogP contribution >= 0.6 is 0 Å². The smallest absolute Gasteiger partial charge is 0.254 e. The minimum atomic E-state index is -0.000269. The first kappa shape index (κ1) is 13.7. The summed E-state index contributed by atoms with van der Waals surface area (Å²) in [6.45, 7) is 2.87. The number of rotatable bonds is 2. The molecule has 1 saturated carbocycles. The molecule has 20 heavy (non-hydrogen) atoms. The molecule has 110 valence electrons. The zero-order valence-corrected chi connectivity index (χ0v) is 12.2. The molecule has 1 aromatic heterocycles. The van der Waals surface area contributed by atoms with Gasteiger partial charge < -0.3 is 15.1 Å². The van der Waals surface area contributed by atoms with E-state index in [0.717, 1.165) is 25.1 Å². The van der Waals surface area contributed by atoms with Crippen molar-refractivity contribution in [2.24, 2.45) is 0 Å². The van der Waals surface area contributed by atoms with E-state index in [1.807, 2.05) is 6.92 Å². The normalized spacial score (nSPS) is 25.6. The van der Waals surface area contributed by atoms with E-state index in [2.05, 4.69) is 10.6 Å². The molecule has 1 spiro atoms. The maximum absolute atomic E-state index is 12.2. The molecular formula is C16H24N2O2. The molecule has 1 aliphatic heterocycles. The third kappa shape index (κ3) is 2.90. The Morgan fingerprint density at radius 2 is 2.20 bits per heavy atom. The summed E-state index contributed by atoms with van der Waals surface area (Å²) in [6, 6.07) is 2.09. The van der Waals surface area contributed by atoms with Crippen LogP contribution in [0.5, 0.6) is 0 Å². The summed E-state index contributed by atoms with van der Waals surface area (Å²) in [5, 5.41) is 6.89. The third-order valence-corrected chi connectivity index (χ3v) is 4.77. The molecule has 1 aliphatic carbocycles. The standard InChI is InChI=1S/C16H24N2O2/c1-12-9-13(11-20-12)15(19)18-14-5-8-17-16(10-14)6-3-2-4-7-16/h9,11,14,17H,2-8,10H2,1H3,(H,18,19). The number of piperidine rings is 1. The van der Waals surface area contributed by atoms with Crippen LogP contribution in [0.15, 0.2) is 16.7 Å². The second-order valence-electron chi connectivity index (χ2n) is 6.38. The van der Waals surface area contributed by atoms with Gasteiger partial charge in [-0.25, -0.2) is 0 Å². The largest absolute Gasteiger partial charge is 0.469 e. The van der Waals surface area contributed by atoms with Crippen LogP contribution in [0, 0.1) is 6.92 Å². The molecule has 1 amide bonds. The van der Waals surface area contributed by atoms with Gasteiger partial charge in [0.2, 0.25) is 0 Å². The first-order valence-corrected chi connectivity index (χ1v) is 7.78. The molecule has 1 aromatic rings. The summed E-state index contributed by atoms with van der Waals surface area (Å²) >= 11 is 0. The Kier molecular flexibility index (Phi) is 3.83. The first-order valence-electron chi connectivity index (χ1n) is 7.78. The van der Waals surface area contributed by atoms with Crippen molar-refractivity contribution in [3.63, 3.8) is 0 Å². The molecule has 2 heterocycles. The summed E-state index contributed by atoms with van der Waals surface area (Å²) in [5.41, 5.74) is 0.916. The number of hydrogen-bond acceptors (Lipinski definition) is 3. The molecule has 0 aromatic carbocycles. The van der Waals surface area contributed by atoms with Gasteiger partial charge in [0.05, 0.1) is 5.56 Å². The number of furan rings is 1. The molecule has 4 heteroatoms. The lowest BCUT2D eigenvalue weighted by Gasteiger charge is -2.44. The van der Waals surface area contributed by atoms with E-state index in [1.165, 1.54) is 32.1 Å². The fraction of sp³-hybridized carbons (Fsp3) is 0.688. The summed E-state index contributed by atoms with van der Waals surface area (Å²) in [4.78, 5) is 12.2. The van der Waals surface area contributed by atoms with Crippen LogP contribution < -0.4 is 10.6 Å². The molecule has 0 bridgehead atoms. The van der Waals surface area contributed by atoms with Crippen molar-refractivity contribution in [2.75, 3.05) is 6.54 Å². The van der Waals surface area contributed by atoms with Gasteiger partial charge >= 0.3 is 0 Å². The van der Waals surface area contributed by atoms with Crippen molar-refractivity contribution < 1.29 is 9.21 Å². The Hall–Kier alpha value is -1.29. The maximum atomic E-state index is 12.2. The van der Waals surface area contributed by atoms with E-state index < -0.39 is 0 Å². The number of aryl methyl sites for hydroxylation is 1. The lowest BCUT2D eigenvalue weighted by Crippen LogP contribution is -2.57. The maximum Gasteiger partial charge on any atom is 0.254 e. The van der Waals surface area contributed by atoms with E-state index in [0.29, 0.717) is 5.56 Å². The van der Waals surface area contributed by atoms with E-state index in [1.54, 1.807) is 12.3 Å². The minimum absolute atomic E-state index is 0.000269. The van der Waals surface area contributed by atoms with Crippen LogP contribution in [0.3, 0.4) is 0 Å².